The highest BCUT2D eigenvalue weighted by Gasteiger charge is 2.15. The molecule has 0 bridgehead atoms. The van der Waals surface area contributed by atoms with Gasteiger partial charge in [0.15, 0.2) is 0 Å². The number of amides is 1. The molecule has 1 N–H and O–H groups in total. The van der Waals surface area contributed by atoms with Gasteiger partial charge >= 0.3 is 0 Å². The van der Waals surface area contributed by atoms with Crippen molar-refractivity contribution in [3.8, 4) is 0 Å². The van der Waals surface area contributed by atoms with Crippen LogP contribution in [-0.2, 0) is 5.88 Å². The Kier molecular flexibility index (Phi) is 4.56. The molecule has 98 valence electrons. The van der Waals surface area contributed by atoms with Crippen LogP contribution in [0.4, 0.5) is 10.1 Å². The molecule has 0 aromatic heterocycles. The van der Waals surface area contributed by atoms with Crippen molar-refractivity contribution in [1.29, 1.82) is 0 Å². The molecular formula is C14H10BrClFNO. The maximum atomic E-state index is 13.6. The quantitative estimate of drug-likeness (QED) is 0.813. The van der Waals surface area contributed by atoms with Crippen LogP contribution in [0.3, 0.4) is 0 Å². The van der Waals surface area contributed by atoms with Crippen LogP contribution < -0.4 is 5.32 Å². The summed E-state index contributed by atoms with van der Waals surface area (Å²) in [6.07, 6.45) is 0. The monoisotopic (exact) mass is 341 g/mol. The smallest absolute Gasteiger partial charge is 0.259 e. The van der Waals surface area contributed by atoms with Crippen LogP contribution in [0.15, 0.2) is 46.9 Å². The molecule has 0 saturated heterocycles. The molecule has 0 atom stereocenters. The summed E-state index contributed by atoms with van der Waals surface area (Å²) in [6, 6.07) is 11.5. The van der Waals surface area contributed by atoms with E-state index in [4.69, 9.17) is 11.6 Å². The molecule has 2 aromatic carbocycles. The first-order chi connectivity index (χ1) is 9.11. The van der Waals surface area contributed by atoms with Crippen LogP contribution in [0.25, 0.3) is 0 Å². The summed E-state index contributed by atoms with van der Waals surface area (Å²) < 4.78 is 14.0. The normalized spacial score (nSPS) is 10.3. The highest BCUT2D eigenvalue weighted by Crippen LogP contribution is 2.21. The lowest BCUT2D eigenvalue weighted by Gasteiger charge is -2.08. The van der Waals surface area contributed by atoms with Crippen LogP contribution in [0, 0.1) is 5.82 Å². The zero-order chi connectivity index (χ0) is 13.8. The number of benzene rings is 2. The molecule has 0 heterocycles. The second-order valence-corrected chi connectivity index (χ2v) is 5.00. The maximum Gasteiger partial charge on any atom is 0.259 e. The first kappa shape index (κ1) is 14.0. The predicted octanol–water partition coefficient (Wildman–Crippen LogP) is 4.58. The maximum absolute atomic E-state index is 13.6. The van der Waals surface area contributed by atoms with E-state index in [1.807, 2.05) is 0 Å². The molecule has 0 fully saturated rings. The largest absolute Gasteiger partial charge is 0.322 e. The molecule has 0 aliphatic rings. The molecule has 0 saturated carbocycles. The lowest BCUT2D eigenvalue weighted by atomic mass is 10.2. The molecule has 0 aliphatic heterocycles. The van der Waals surface area contributed by atoms with Gasteiger partial charge in [0, 0.05) is 16.0 Å². The van der Waals surface area contributed by atoms with E-state index in [9.17, 15) is 9.18 Å². The average Bonchev–Trinajstić information content (AvgIpc) is 2.39. The number of nitrogens with one attached hydrogen (secondary N) is 1. The van der Waals surface area contributed by atoms with Gasteiger partial charge in [0.25, 0.3) is 5.91 Å². The Hall–Kier alpha value is -1.39. The topological polar surface area (TPSA) is 29.1 Å². The Morgan fingerprint density at radius 3 is 2.47 bits per heavy atom. The Labute approximate surface area is 123 Å². The first-order valence-corrected chi connectivity index (χ1v) is 6.85. The van der Waals surface area contributed by atoms with Crippen LogP contribution in [0.5, 0.6) is 0 Å². The van der Waals surface area contributed by atoms with Gasteiger partial charge in [0.05, 0.1) is 5.56 Å². The Balaban J connectivity index is 2.21. The molecule has 2 nitrogen and oxygen atoms in total. The Bertz CT molecular complexity index is 581. The zero-order valence-corrected chi connectivity index (χ0v) is 12.1. The standard InChI is InChI=1S/C14H10BrClFNO/c15-11-2-1-3-12(17)13(11)14(19)18-10-6-4-9(8-16)5-7-10/h1-7H,8H2,(H,18,19). The highest BCUT2D eigenvalue weighted by molar-refractivity contribution is 9.10. The minimum absolute atomic E-state index is 0.0103. The van der Waals surface area contributed by atoms with Crippen LogP contribution in [0.1, 0.15) is 15.9 Å². The van der Waals surface area contributed by atoms with Gasteiger partial charge in [-0.3, -0.25) is 4.79 Å². The van der Waals surface area contributed by atoms with E-state index in [-0.39, 0.29) is 5.56 Å². The van der Waals surface area contributed by atoms with Crippen molar-refractivity contribution in [3.05, 3.63) is 63.9 Å². The Morgan fingerprint density at radius 2 is 1.89 bits per heavy atom. The van der Waals surface area contributed by atoms with E-state index in [1.165, 1.54) is 12.1 Å². The second-order valence-electron chi connectivity index (χ2n) is 3.88. The van der Waals surface area contributed by atoms with Crippen LogP contribution in [0.2, 0.25) is 0 Å². The summed E-state index contributed by atoms with van der Waals surface area (Å²) >= 11 is 8.84. The zero-order valence-electron chi connectivity index (χ0n) is 9.79. The number of halogens is 3. The van der Waals surface area contributed by atoms with Gasteiger partial charge in [0.1, 0.15) is 5.82 Å². The van der Waals surface area contributed by atoms with E-state index >= 15 is 0 Å². The second kappa shape index (κ2) is 6.17. The van der Waals surface area contributed by atoms with Crippen molar-refractivity contribution in [2.45, 2.75) is 5.88 Å². The van der Waals surface area contributed by atoms with Crippen molar-refractivity contribution in [1.82, 2.24) is 0 Å². The minimum atomic E-state index is -0.566. The summed E-state index contributed by atoms with van der Waals surface area (Å²) in [6.45, 7) is 0. The third-order valence-electron chi connectivity index (χ3n) is 2.56. The van der Waals surface area contributed by atoms with Gasteiger partial charge in [-0.15, -0.1) is 11.6 Å². The van der Waals surface area contributed by atoms with E-state index in [0.717, 1.165) is 5.56 Å². The van der Waals surface area contributed by atoms with Gasteiger partial charge in [-0.25, -0.2) is 4.39 Å². The van der Waals surface area contributed by atoms with Gasteiger partial charge in [-0.2, -0.15) is 0 Å². The number of hydrogen-bond acceptors (Lipinski definition) is 1. The van der Waals surface area contributed by atoms with Gasteiger partial charge in [-0.1, -0.05) is 18.2 Å². The summed E-state index contributed by atoms with van der Waals surface area (Å²) in [5.74, 6) is -0.652. The average molecular weight is 343 g/mol. The summed E-state index contributed by atoms with van der Waals surface area (Å²) in [7, 11) is 0. The van der Waals surface area contributed by atoms with Crippen molar-refractivity contribution in [2.24, 2.45) is 0 Å². The molecule has 0 unspecified atom stereocenters. The molecule has 1 amide bonds. The first-order valence-electron chi connectivity index (χ1n) is 5.52. The molecule has 19 heavy (non-hydrogen) atoms. The summed E-state index contributed by atoms with van der Waals surface area (Å²) in [4.78, 5) is 12.0. The van der Waals surface area contributed by atoms with Crippen molar-refractivity contribution >= 4 is 39.1 Å². The third kappa shape index (κ3) is 3.33. The molecular weight excluding hydrogens is 333 g/mol. The van der Waals surface area contributed by atoms with Gasteiger partial charge in [0.2, 0.25) is 0 Å². The van der Waals surface area contributed by atoms with Crippen LogP contribution in [-0.4, -0.2) is 5.91 Å². The summed E-state index contributed by atoms with van der Waals surface area (Å²) in [5, 5.41) is 2.64. The molecule has 0 aliphatic carbocycles. The highest BCUT2D eigenvalue weighted by atomic mass is 79.9. The number of hydrogen-bond donors (Lipinski definition) is 1. The molecule has 0 radical (unpaired) electrons. The van der Waals surface area contributed by atoms with Gasteiger partial charge < -0.3 is 5.32 Å². The third-order valence-corrected chi connectivity index (χ3v) is 3.53. The van der Waals surface area contributed by atoms with E-state index < -0.39 is 11.7 Å². The molecule has 5 heteroatoms. The van der Waals surface area contributed by atoms with E-state index in [0.29, 0.717) is 16.0 Å². The molecule has 2 aromatic rings. The van der Waals surface area contributed by atoms with Crippen molar-refractivity contribution in [3.63, 3.8) is 0 Å². The number of carbonyl (C=O) groups excluding carboxylic acids is 1. The van der Waals surface area contributed by atoms with Gasteiger partial charge in [-0.05, 0) is 45.8 Å². The fourth-order valence-electron chi connectivity index (χ4n) is 1.59. The molecule has 2 rings (SSSR count). The number of carbonyl (C=O) groups is 1. The minimum Gasteiger partial charge on any atom is -0.322 e. The Morgan fingerprint density at radius 1 is 1.21 bits per heavy atom. The van der Waals surface area contributed by atoms with E-state index in [1.54, 1.807) is 30.3 Å². The SMILES string of the molecule is O=C(Nc1ccc(CCl)cc1)c1c(F)cccc1Br. The predicted molar refractivity (Wildman–Crippen MR) is 78.1 cm³/mol. The molecule has 0 spiro atoms. The number of alkyl halides is 1. The van der Waals surface area contributed by atoms with Crippen molar-refractivity contribution in [2.75, 3.05) is 5.32 Å². The fourth-order valence-corrected chi connectivity index (χ4v) is 2.29. The lowest BCUT2D eigenvalue weighted by Crippen LogP contribution is -2.14. The lowest BCUT2D eigenvalue weighted by molar-refractivity contribution is 0.102. The fraction of sp³-hybridized carbons (Fsp3) is 0.0714. The van der Waals surface area contributed by atoms with E-state index in [2.05, 4.69) is 21.2 Å². The van der Waals surface area contributed by atoms with Crippen molar-refractivity contribution < 1.29 is 9.18 Å². The van der Waals surface area contributed by atoms with Crippen LogP contribution >= 0.6 is 27.5 Å². The summed E-state index contributed by atoms with van der Waals surface area (Å²) in [5.41, 5.74) is 1.53. The number of rotatable bonds is 3. The number of anilines is 1.